The van der Waals surface area contributed by atoms with E-state index in [1.54, 1.807) is 6.20 Å². The Balaban J connectivity index is 1.04. The summed E-state index contributed by atoms with van der Waals surface area (Å²) < 4.78 is 8.10. The van der Waals surface area contributed by atoms with Crippen molar-refractivity contribution in [2.24, 2.45) is 0 Å². The summed E-state index contributed by atoms with van der Waals surface area (Å²) in [7, 11) is 0. The van der Waals surface area contributed by atoms with Crippen LogP contribution in [-0.4, -0.2) is 36.3 Å². The number of benzene rings is 2. The molecule has 3 aromatic heterocycles. The number of nitrogens with one attached hydrogen (secondary N) is 2. The molecule has 4 N–H and O–H groups in total. The maximum atomic E-state index is 6.37. The Morgan fingerprint density at radius 1 is 1.08 bits per heavy atom. The topological polar surface area (TPSA) is 120 Å². The number of hydrogen-bond donors (Lipinski definition) is 3. The molecule has 1 saturated carbocycles. The lowest BCUT2D eigenvalue weighted by atomic mass is 10.1. The highest BCUT2D eigenvalue weighted by Gasteiger charge is 2.40. The van der Waals surface area contributed by atoms with Crippen LogP contribution < -0.4 is 11.1 Å². The van der Waals surface area contributed by atoms with Crippen molar-refractivity contribution in [3.05, 3.63) is 83.9 Å². The molecule has 0 radical (unpaired) electrons. The molecule has 0 bridgehead atoms. The molecule has 198 valence electrons. The fourth-order valence-electron chi connectivity index (χ4n) is 5.70. The molecule has 1 saturated heterocycles. The first-order chi connectivity index (χ1) is 19.1. The van der Waals surface area contributed by atoms with E-state index < -0.39 is 0 Å². The normalized spacial score (nSPS) is 21.6. The van der Waals surface area contributed by atoms with Crippen molar-refractivity contribution in [2.45, 2.75) is 56.7 Å². The molecule has 1 aliphatic carbocycles. The van der Waals surface area contributed by atoms with Crippen LogP contribution in [0.1, 0.15) is 73.5 Å². The summed E-state index contributed by atoms with van der Waals surface area (Å²) in [5.74, 6) is 1.87. The number of nitrogens with two attached hydrogens (primary N) is 1. The van der Waals surface area contributed by atoms with E-state index in [-0.39, 0.29) is 12.3 Å². The van der Waals surface area contributed by atoms with E-state index in [0.717, 1.165) is 59.4 Å². The third-order valence-electron chi connectivity index (χ3n) is 8.02. The summed E-state index contributed by atoms with van der Waals surface area (Å²) in [5.41, 5.74) is 13.5. The Bertz CT molecular complexity index is 1600. The minimum atomic E-state index is -0.0301. The molecule has 2 aromatic carbocycles. The van der Waals surface area contributed by atoms with Crippen LogP contribution in [0, 0.1) is 0 Å². The highest BCUT2D eigenvalue weighted by Crippen LogP contribution is 2.54. The maximum Gasteiger partial charge on any atom is 0.225 e. The predicted molar refractivity (Wildman–Crippen MR) is 151 cm³/mol. The van der Waals surface area contributed by atoms with Gasteiger partial charge < -0.3 is 20.4 Å². The van der Waals surface area contributed by atoms with Crippen molar-refractivity contribution in [1.82, 2.24) is 29.7 Å². The van der Waals surface area contributed by atoms with E-state index in [1.165, 1.54) is 12.0 Å². The van der Waals surface area contributed by atoms with E-state index in [4.69, 9.17) is 10.5 Å². The Morgan fingerprint density at radius 3 is 2.79 bits per heavy atom. The van der Waals surface area contributed by atoms with E-state index >= 15 is 0 Å². The fourth-order valence-corrected chi connectivity index (χ4v) is 5.70. The molecule has 4 atom stereocenters. The number of hydrogen-bond acceptors (Lipinski definition) is 7. The summed E-state index contributed by atoms with van der Waals surface area (Å²) in [5, 5.41) is 11.1. The lowest BCUT2D eigenvalue weighted by molar-refractivity contribution is -0.0295. The molecule has 0 spiro atoms. The van der Waals surface area contributed by atoms with Crippen LogP contribution >= 0.6 is 0 Å². The molecule has 5 aromatic rings. The van der Waals surface area contributed by atoms with Crippen LogP contribution in [0.4, 0.5) is 11.8 Å². The molecule has 9 heteroatoms. The van der Waals surface area contributed by atoms with E-state index in [9.17, 15) is 0 Å². The summed E-state index contributed by atoms with van der Waals surface area (Å²) in [6.07, 6.45) is 8.15. The number of aromatic nitrogens is 6. The number of nitrogens with zero attached hydrogens (tertiary/aromatic N) is 5. The quantitative estimate of drug-likeness (QED) is 0.243. The van der Waals surface area contributed by atoms with E-state index in [0.29, 0.717) is 23.6 Å². The number of H-pyrrole nitrogens is 1. The van der Waals surface area contributed by atoms with Crippen LogP contribution in [0.25, 0.3) is 22.3 Å². The van der Waals surface area contributed by atoms with Gasteiger partial charge in [0.15, 0.2) is 0 Å². The standard InChI is InChI=1S/C30H32N8O/c1-18(20-10-11-27-26(13-20)33-17-38(27)28-9-5-6-12-39-28)34-30-32-16-23(29(31)35-30)25-15-24(36-37-25)22-14-21(22)19-7-3-2-4-8-19/h2-4,7-8,10-11,13,15-18,21-22,28H,5-6,9,12,14H2,1H3,(H,36,37)(H3,31,32,34,35)/t18-,21-,22+,28?/m0/s1. The maximum absolute atomic E-state index is 6.37. The Hall–Kier alpha value is -4.24. The zero-order chi connectivity index (χ0) is 26.3. The van der Waals surface area contributed by atoms with Gasteiger partial charge in [0.2, 0.25) is 5.95 Å². The van der Waals surface area contributed by atoms with Gasteiger partial charge >= 0.3 is 0 Å². The van der Waals surface area contributed by atoms with Gasteiger partial charge in [-0.25, -0.2) is 9.97 Å². The van der Waals surface area contributed by atoms with Crippen LogP contribution in [0.2, 0.25) is 0 Å². The number of nitrogen functional groups attached to an aromatic ring is 1. The van der Waals surface area contributed by atoms with Gasteiger partial charge in [0.1, 0.15) is 12.0 Å². The molecule has 2 aliphatic rings. The molecular weight excluding hydrogens is 488 g/mol. The van der Waals surface area contributed by atoms with Crippen LogP contribution in [0.3, 0.4) is 0 Å². The Labute approximate surface area is 226 Å². The first-order valence-electron chi connectivity index (χ1n) is 13.7. The number of ether oxygens (including phenoxy) is 1. The highest BCUT2D eigenvalue weighted by molar-refractivity contribution is 5.76. The van der Waals surface area contributed by atoms with Crippen LogP contribution in [-0.2, 0) is 4.74 Å². The van der Waals surface area contributed by atoms with Crippen LogP contribution in [0.5, 0.6) is 0 Å². The summed E-state index contributed by atoms with van der Waals surface area (Å²) in [6.45, 7) is 2.89. The van der Waals surface area contributed by atoms with Crippen molar-refractivity contribution in [1.29, 1.82) is 0 Å². The molecule has 2 fully saturated rings. The monoisotopic (exact) mass is 520 g/mol. The van der Waals surface area contributed by atoms with Crippen molar-refractivity contribution >= 4 is 22.8 Å². The molecule has 7 rings (SSSR count). The first kappa shape index (κ1) is 23.8. The van der Waals surface area contributed by atoms with Crippen LogP contribution in [0.15, 0.2) is 67.1 Å². The van der Waals surface area contributed by atoms with Gasteiger partial charge in [-0.05, 0) is 67.9 Å². The Morgan fingerprint density at radius 2 is 1.97 bits per heavy atom. The molecule has 9 nitrogen and oxygen atoms in total. The van der Waals surface area contributed by atoms with Crippen molar-refractivity contribution < 1.29 is 4.74 Å². The predicted octanol–water partition coefficient (Wildman–Crippen LogP) is 5.94. The Kier molecular flexibility index (Phi) is 6.00. The van der Waals surface area contributed by atoms with Gasteiger partial charge in [-0.3, -0.25) is 5.10 Å². The summed E-state index contributed by atoms with van der Waals surface area (Å²) in [6, 6.07) is 19.0. The molecule has 39 heavy (non-hydrogen) atoms. The van der Waals surface area contributed by atoms with E-state index in [2.05, 4.69) is 96.6 Å². The highest BCUT2D eigenvalue weighted by atomic mass is 16.5. The second-order valence-electron chi connectivity index (χ2n) is 10.6. The molecule has 1 aliphatic heterocycles. The second-order valence-corrected chi connectivity index (χ2v) is 10.6. The van der Waals surface area contributed by atoms with Gasteiger partial charge in [0, 0.05) is 24.4 Å². The second kappa shape index (κ2) is 9.81. The molecular formula is C30H32N8O. The number of rotatable bonds is 7. The lowest BCUT2D eigenvalue weighted by Crippen LogP contribution is -2.17. The number of fused-ring (bicyclic) bond motifs is 1. The minimum Gasteiger partial charge on any atom is -0.383 e. The average Bonchev–Trinajstić information content (AvgIpc) is 3.42. The molecule has 0 amide bonds. The van der Waals surface area contributed by atoms with Gasteiger partial charge in [-0.15, -0.1) is 0 Å². The van der Waals surface area contributed by atoms with Crippen molar-refractivity contribution in [3.63, 3.8) is 0 Å². The van der Waals surface area contributed by atoms with E-state index in [1.807, 2.05) is 6.33 Å². The van der Waals surface area contributed by atoms with Gasteiger partial charge in [-0.2, -0.15) is 10.1 Å². The lowest BCUT2D eigenvalue weighted by Gasteiger charge is -2.24. The molecule has 4 heterocycles. The summed E-state index contributed by atoms with van der Waals surface area (Å²) >= 11 is 0. The first-order valence-corrected chi connectivity index (χ1v) is 13.7. The van der Waals surface area contributed by atoms with Crippen molar-refractivity contribution in [3.8, 4) is 11.3 Å². The SMILES string of the molecule is C[C@H](Nc1ncc(-c2cc([C@@H]3C[C@H]3c3ccccc3)[nH]n2)c(N)n1)c1ccc2c(c1)ncn2C1CCCCO1. The number of anilines is 2. The summed E-state index contributed by atoms with van der Waals surface area (Å²) in [4.78, 5) is 13.7. The largest absolute Gasteiger partial charge is 0.383 e. The zero-order valence-corrected chi connectivity index (χ0v) is 21.9. The smallest absolute Gasteiger partial charge is 0.225 e. The third-order valence-corrected chi connectivity index (χ3v) is 8.02. The van der Waals surface area contributed by atoms with Gasteiger partial charge in [0.05, 0.1) is 34.7 Å². The van der Waals surface area contributed by atoms with Gasteiger partial charge in [0.25, 0.3) is 0 Å². The third kappa shape index (κ3) is 4.63. The van der Waals surface area contributed by atoms with Gasteiger partial charge in [-0.1, -0.05) is 36.4 Å². The fraction of sp³-hybridized carbons (Fsp3) is 0.333. The number of imidazole rings is 1. The van der Waals surface area contributed by atoms with Crippen molar-refractivity contribution in [2.75, 3.05) is 17.7 Å². The average molecular weight is 521 g/mol. The minimum absolute atomic E-state index is 0.0301. The number of aromatic amines is 1. The molecule has 1 unspecified atom stereocenters. The zero-order valence-electron chi connectivity index (χ0n) is 21.9.